The van der Waals surface area contributed by atoms with Gasteiger partial charge in [0.1, 0.15) is 11.4 Å². The van der Waals surface area contributed by atoms with Gasteiger partial charge in [-0.05, 0) is 60.5 Å². The van der Waals surface area contributed by atoms with E-state index >= 15 is 0 Å². The summed E-state index contributed by atoms with van der Waals surface area (Å²) in [5.74, 6) is 0.598. The van der Waals surface area contributed by atoms with Crippen molar-refractivity contribution < 1.29 is 31.1 Å². The van der Waals surface area contributed by atoms with Gasteiger partial charge in [0.25, 0.3) is 0 Å². The highest BCUT2D eigenvalue weighted by Crippen LogP contribution is 2.40. The van der Waals surface area contributed by atoms with Crippen LogP contribution < -0.4 is 4.74 Å². The van der Waals surface area contributed by atoms with Crippen LogP contribution in [0, 0.1) is 6.92 Å². The van der Waals surface area contributed by atoms with E-state index in [0.29, 0.717) is 34.2 Å². The first-order valence-corrected chi connectivity index (χ1v) is 12.4. The van der Waals surface area contributed by atoms with E-state index in [-0.39, 0.29) is 11.7 Å². The summed E-state index contributed by atoms with van der Waals surface area (Å²) in [5, 5.41) is 3.78. The number of benzene rings is 3. The van der Waals surface area contributed by atoms with Crippen molar-refractivity contribution in [2.45, 2.75) is 39.5 Å². The minimum absolute atomic E-state index is 0.0257. The zero-order chi connectivity index (χ0) is 28.6. The number of halogens is 5. The van der Waals surface area contributed by atoms with Crippen LogP contribution in [0.4, 0.5) is 22.0 Å². The third-order valence-electron chi connectivity index (χ3n) is 6.21. The van der Waals surface area contributed by atoms with Gasteiger partial charge in [-0.2, -0.15) is 27.1 Å². The van der Waals surface area contributed by atoms with Gasteiger partial charge < -0.3 is 9.15 Å². The third kappa shape index (κ3) is 5.61. The molecule has 0 amide bonds. The highest BCUT2D eigenvalue weighted by Gasteiger charge is 2.34. The molecule has 0 atom stereocenters. The Hall–Kier alpha value is -4.47. The molecule has 0 saturated heterocycles. The molecular weight excluding hydrogens is 529 g/mol. The van der Waals surface area contributed by atoms with Crippen LogP contribution in [-0.2, 0) is 6.18 Å². The maximum Gasteiger partial charge on any atom is 0.435 e. The van der Waals surface area contributed by atoms with Gasteiger partial charge in [-0.25, -0.2) is 9.67 Å². The van der Waals surface area contributed by atoms with Crippen molar-refractivity contribution >= 4 is 0 Å². The average molecular weight is 554 g/mol. The Morgan fingerprint density at radius 1 is 0.875 bits per heavy atom. The van der Waals surface area contributed by atoms with Gasteiger partial charge in [0.15, 0.2) is 17.3 Å². The molecule has 0 unspecified atom stereocenters. The maximum atomic E-state index is 13.4. The first-order valence-electron chi connectivity index (χ1n) is 12.4. The predicted octanol–water partition coefficient (Wildman–Crippen LogP) is 8.91. The van der Waals surface area contributed by atoms with Crippen molar-refractivity contribution in [2.24, 2.45) is 0 Å². The molecule has 2 aromatic heterocycles. The van der Waals surface area contributed by atoms with Crippen molar-refractivity contribution in [2.75, 3.05) is 0 Å². The lowest BCUT2D eigenvalue weighted by molar-refractivity contribution is -0.141. The molecule has 0 spiro atoms. The molecule has 10 heteroatoms. The van der Waals surface area contributed by atoms with Crippen LogP contribution in [0.3, 0.4) is 0 Å². The second kappa shape index (κ2) is 10.6. The molecule has 0 fully saturated rings. The van der Waals surface area contributed by atoms with Gasteiger partial charge in [0.2, 0.25) is 0 Å². The fraction of sp³-hybridized carbons (Fsp3) is 0.200. The summed E-state index contributed by atoms with van der Waals surface area (Å²) >= 11 is 0. The second-order valence-electron chi connectivity index (χ2n) is 9.53. The van der Waals surface area contributed by atoms with Crippen LogP contribution in [0.25, 0.3) is 39.4 Å². The fourth-order valence-corrected chi connectivity index (χ4v) is 4.29. The first kappa shape index (κ1) is 27.1. The topological polar surface area (TPSA) is 53.1 Å². The lowest BCUT2D eigenvalue weighted by atomic mass is 9.97. The number of hydrogen-bond acceptors (Lipinski definition) is 4. The van der Waals surface area contributed by atoms with E-state index < -0.39 is 18.5 Å². The lowest BCUT2D eigenvalue weighted by Gasteiger charge is -2.13. The van der Waals surface area contributed by atoms with Crippen LogP contribution in [0.2, 0.25) is 0 Å². The van der Waals surface area contributed by atoms with Crippen LogP contribution in [-0.4, -0.2) is 21.4 Å². The smallest absolute Gasteiger partial charge is 0.435 e. The van der Waals surface area contributed by atoms with E-state index in [0.717, 1.165) is 27.4 Å². The van der Waals surface area contributed by atoms with Crippen molar-refractivity contribution in [3.63, 3.8) is 0 Å². The van der Waals surface area contributed by atoms with Gasteiger partial charge in [-0.3, -0.25) is 0 Å². The van der Waals surface area contributed by atoms with Crippen LogP contribution in [0.5, 0.6) is 5.75 Å². The van der Waals surface area contributed by atoms with Gasteiger partial charge in [-0.15, -0.1) is 0 Å². The Morgan fingerprint density at radius 3 is 2.20 bits per heavy atom. The minimum Gasteiger partial charge on any atom is -0.440 e. The largest absolute Gasteiger partial charge is 0.440 e. The van der Waals surface area contributed by atoms with Crippen LogP contribution in [0.15, 0.2) is 83.4 Å². The van der Waals surface area contributed by atoms with Gasteiger partial charge in [-0.1, -0.05) is 49.7 Å². The molecule has 3 aromatic carbocycles. The highest BCUT2D eigenvalue weighted by molar-refractivity contribution is 5.85. The summed E-state index contributed by atoms with van der Waals surface area (Å²) in [6, 6.07) is 19.9. The average Bonchev–Trinajstić information content (AvgIpc) is 3.57. The first-order chi connectivity index (χ1) is 19.0. The summed E-state index contributed by atoms with van der Waals surface area (Å²) in [7, 11) is 0. The SMILES string of the molecule is Cc1cccc(-c2ccc(-n3ccc(C(F)(F)F)n3)c(-c3nc(C(C)C)oc3-c3ccc(OC(F)F)cc3)c2)c1. The number of rotatable bonds is 7. The number of alkyl halides is 5. The predicted molar refractivity (Wildman–Crippen MR) is 140 cm³/mol. The van der Waals surface area contributed by atoms with Crippen molar-refractivity contribution in [3.8, 4) is 45.1 Å². The van der Waals surface area contributed by atoms with Gasteiger partial charge >= 0.3 is 12.8 Å². The van der Waals surface area contributed by atoms with Crippen molar-refractivity contribution in [3.05, 3.63) is 96.1 Å². The molecule has 206 valence electrons. The van der Waals surface area contributed by atoms with Gasteiger partial charge in [0.05, 0.1) is 5.69 Å². The van der Waals surface area contributed by atoms with E-state index in [4.69, 9.17) is 9.40 Å². The third-order valence-corrected chi connectivity index (χ3v) is 6.21. The zero-order valence-electron chi connectivity index (χ0n) is 21.7. The number of aryl methyl sites for hydroxylation is 1. The van der Waals surface area contributed by atoms with Crippen LogP contribution in [0.1, 0.15) is 36.9 Å². The fourth-order valence-electron chi connectivity index (χ4n) is 4.29. The molecule has 0 saturated carbocycles. The summed E-state index contributed by atoms with van der Waals surface area (Å²) in [6.45, 7) is 2.78. The minimum atomic E-state index is -4.61. The standard InChI is InChI=1S/C30H24F5N3O2/c1-17(2)28-36-26(27(40-28)19-7-10-22(11-8-19)39-29(31)32)23-16-21(20-6-4-5-18(3)15-20)9-12-24(23)38-14-13-25(37-38)30(33,34)35/h4-17,29H,1-3H3. The molecule has 2 heterocycles. The second-order valence-corrected chi connectivity index (χ2v) is 9.53. The summed E-state index contributed by atoms with van der Waals surface area (Å²) in [4.78, 5) is 4.74. The Labute approximate surface area is 226 Å². The monoisotopic (exact) mass is 553 g/mol. The molecule has 5 rings (SSSR count). The molecule has 0 aliphatic carbocycles. The van der Waals surface area contributed by atoms with Crippen molar-refractivity contribution in [1.82, 2.24) is 14.8 Å². The number of oxazole rings is 1. The summed E-state index contributed by atoms with van der Waals surface area (Å²) < 4.78 is 77.3. The molecule has 5 nitrogen and oxygen atoms in total. The summed E-state index contributed by atoms with van der Waals surface area (Å²) in [5.41, 5.74) is 3.47. The van der Waals surface area contributed by atoms with Crippen molar-refractivity contribution in [1.29, 1.82) is 0 Å². The molecule has 0 aliphatic rings. The van der Waals surface area contributed by atoms with E-state index in [1.54, 1.807) is 18.2 Å². The Bertz CT molecular complexity index is 1640. The molecule has 0 N–H and O–H groups in total. The van der Waals surface area contributed by atoms with Gasteiger partial charge in [0, 0.05) is 23.2 Å². The van der Waals surface area contributed by atoms with E-state index in [1.165, 1.54) is 18.3 Å². The Kier molecular flexibility index (Phi) is 7.18. The molecule has 0 radical (unpaired) electrons. The molecular formula is C30H24F5N3O2. The quantitative estimate of drug-likeness (QED) is 0.189. The maximum absolute atomic E-state index is 13.4. The normalized spacial score (nSPS) is 11.9. The number of ether oxygens (including phenoxy) is 1. The van der Waals surface area contributed by atoms with E-state index in [2.05, 4.69) is 9.84 Å². The molecule has 5 aromatic rings. The number of hydrogen-bond donors (Lipinski definition) is 0. The van der Waals surface area contributed by atoms with E-state index in [1.807, 2.05) is 57.2 Å². The molecule has 0 aliphatic heterocycles. The molecule has 40 heavy (non-hydrogen) atoms. The number of aromatic nitrogens is 3. The Balaban J connectivity index is 1.72. The summed E-state index contributed by atoms with van der Waals surface area (Å²) in [6.07, 6.45) is -3.37. The number of nitrogens with zero attached hydrogens (tertiary/aromatic N) is 3. The molecule has 0 bridgehead atoms. The highest BCUT2D eigenvalue weighted by atomic mass is 19.4. The Morgan fingerprint density at radius 2 is 1.57 bits per heavy atom. The lowest BCUT2D eigenvalue weighted by Crippen LogP contribution is -2.07. The zero-order valence-corrected chi connectivity index (χ0v) is 21.7. The van der Waals surface area contributed by atoms with E-state index in [9.17, 15) is 22.0 Å². The van der Waals surface area contributed by atoms with Crippen LogP contribution >= 0.6 is 0 Å².